The van der Waals surface area contributed by atoms with Crippen molar-refractivity contribution in [1.29, 1.82) is 0 Å². The molecule has 0 aliphatic carbocycles. The molecule has 0 amide bonds. The van der Waals surface area contributed by atoms with E-state index in [2.05, 4.69) is 27.5 Å². The Bertz CT molecular complexity index is 973. The first-order valence-electron chi connectivity index (χ1n) is 9.87. The predicted octanol–water partition coefficient (Wildman–Crippen LogP) is 4.12. The van der Waals surface area contributed by atoms with E-state index < -0.39 is 0 Å². The molecule has 4 heterocycles. The van der Waals surface area contributed by atoms with Crippen molar-refractivity contribution in [2.75, 3.05) is 36.0 Å². The van der Waals surface area contributed by atoms with E-state index in [0.29, 0.717) is 0 Å². The second-order valence-electron chi connectivity index (χ2n) is 7.61. The quantitative estimate of drug-likeness (QED) is 0.659. The van der Waals surface area contributed by atoms with Crippen LogP contribution in [0.25, 0.3) is 22.3 Å². The maximum absolute atomic E-state index is 9.62. The van der Waals surface area contributed by atoms with E-state index in [4.69, 9.17) is 9.97 Å². The maximum Gasteiger partial charge on any atom is 0.229 e. The second-order valence-corrected chi connectivity index (χ2v) is 7.61. The van der Waals surface area contributed by atoms with Gasteiger partial charge in [-0.1, -0.05) is 0 Å². The van der Waals surface area contributed by atoms with E-state index in [1.165, 1.54) is 25.7 Å². The van der Waals surface area contributed by atoms with Crippen LogP contribution < -0.4 is 9.80 Å². The van der Waals surface area contributed by atoms with Gasteiger partial charge >= 0.3 is 0 Å². The molecule has 2 saturated heterocycles. The van der Waals surface area contributed by atoms with Gasteiger partial charge in [0, 0.05) is 33.2 Å². The number of benzene rings is 1. The van der Waals surface area contributed by atoms with E-state index in [9.17, 15) is 5.11 Å². The summed E-state index contributed by atoms with van der Waals surface area (Å²) in [7, 11) is 2.07. The van der Waals surface area contributed by atoms with Gasteiger partial charge in [-0.15, -0.1) is 17.0 Å². The molecule has 0 radical (unpaired) electrons. The number of aromatic hydroxyl groups is 1. The van der Waals surface area contributed by atoms with Gasteiger partial charge in [0.1, 0.15) is 17.2 Å². The summed E-state index contributed by atoms with van der Waals surface area (Å²) in [5.74, 6) is 2.21. The molecule has 0 spiro atoms. The van der Waals surface area contributed by atoms with Crippen molar-refractivity contribution in [2.45, 2.75) is 25.7 Å². The first kappa shape index (κ1) is 19.1. The lowest BCUT2D eigenvalue weighted by Gasteiger charge is -2.21. The number of nitrogens with zero attached hydrogens (tertiary/aromatic N) is 5. The third kappa shape index (κ3) is 3.21. The van der Waals surface area contributed by atoms with Gasteiger partial charge in [-0.3, -0.25) is 0 Å². The molecule has 3 aromatic rings. The molecule has 28 heavy (non-hydrogen) atoms. The molecule has 5 rings (SSSR count). The third-order valence-corrected chi connectivity index (χ3v) is 5.81. The molecule has 148 valence electrons. The zero-order valence-corrected chi connectivity index (χ0v) is 17.8. The van der Waals surface area contributed by atoms with Crippen LogP contribution in [0.2, 0.25) is 0 Å². The molecule has 2 aromatic heterocycles. The van der Waals surface area contributed by atoms with E-state index in [1.54, 1.807) is 12.1 Å². The molecule has 0 saturated carbocycles. The number of phenols is 1. The van der Waals surface area contributed by atoms with E-state index >= 15 is 0 Å². The SMILES string of the molecule is Br.Cn1c(-c2ccc(O)cc2)cc2c(N3CCCC3)nc(N3CCCC3)nc21. The summed E-state index contributed by atoms with van der Waals surface area (Å²) in [4.78, 5) is 14.7. The van der Waals surface area contributed by atoms with Crippen LogP contribution in [0, 0.1) is 0 Å². The number of phenolic OH excluding ortho intramolecular Hbond substituents is 1. The van der Waals surface area contributed by atoms with Gasteiger partial charge in [0.2, 0.25) is 5.95 Å². The standard InChI is InChI=1S/C21H25N5O.BrH/c1-24-18(15-6-8-16(27)9-7-15)14-17-19(24)22-21(26-12-4-5-13-26)23-20(17)25-10-2-3-11-25;/h6-9,14,27H,2-5,10-13H2,1H3;1H. The fourth-order valence-electron chi connectivity index (χ4n) is 4.31. The van der Waals surface area contributed by atoms with Gasteiger partial charge < -0.3 is 19.5 Å². The number of aryl methyl sites for hydroxylation is 1. The number of fused-ring (bicyclic) bond motifs is 1. The summed E-state index contributed by atoms with van der Waals surface area (Å²) in [6.07, 6.45) is 4.88. The minimum absolute atomic E-state index is 0. The van der Waals surface area contributed by atoms with Gasteiger partial charge in [0.15, 0.2) is 0 Å². The number of rotatable bonds is 3. The van der Waals surface area contributed by atoms with Crippen LogP contribution >= 0.6 is 17.0 Å². The highest BCUT2D eigenvalue weighted by atomic mass is 79.9. The summed E-state index contributed by atoms with van der Waals surface area (Å²) in [6.45, 7) is 4.21. The zero-order chi connectivity index (χ0) is 18.4. The van der Waals surface area contributed by atoms with Gasteiger partial charge in [-0.05, 0) is 61.6 Å². The average molecular weight is 444 g/mol. The number of anilines is 2. The Balaban J connectivity index is 0.00000192. The van der Waals surface area contributed by atoms with Gasteiger partial charge in [-0.25, -0.2) is 0 Å². The monoisotopic (exact) mass is 443 g/mol. The lowest BCUT2D eigenvalue weighted by atomic mass is 10.1. The Hall–Kier alpha value is -2.28. The molecule has 7 heteroatoms. The van der Waals surface area contributed by atoms with Crippen molar-refractivity contribution < 1.29 is 5.11 Å². The molecule has 2 aliphatic rings. The highest BCUT2D eigenvalue weighted by Gasteiger charge is 2.24. The second kappa shape index (κ2) is 7.62. The largest absolute Gasteiger partial charge is 0.508 e. The summed E-state index contributed by atoms with van der Waals surface area (Å²) >= 11 is 0. The Morgan fingerprint density at radius 3 is 2.11 bits per heavy atom. The molecule has 0 unspecified atom stereocenters. The van der Waals surface area contributed by atoms with Crippen molar-refractivity contribution in [3.8, 4) is 17.0 Å². The summed E-state index contributed by atoms with van der Waals surface area (Å²) in [5, 5.41) is 10.7. The van der Waals surface area contributed by atoms with Crippen molar-refractivity contribution in [2.24, 2.45) is 7.05 Å². The Morgan fingerprint density at radius 2 is 1.46 bits per heavy atom. The van der Waals surface area contributed by atoms with Crippen LogP contribution in [0.3, 0.4) is 0 Å². The molecule has 6 nitrogen and oxygen atoms in total. The van der Waals surface area contributed by atoms with Crippen molar-refractivity contribution in [3.63, 3.8) is 0 Å². The van der Waals surface area contributed by atoms with E-state index in [-0.39, 0.29) is 22.7 Å². The Kier molecular flexibility index (Phi) is 5.19. The molecule has 2 aliphatic heterocycles. The van der Waals surface area contributed by atoms with Crippen LogP contribution in [0.1, 0.15) is 25.7 Å². The van der Waals surface area contributed by atoms with Crippen LogP contribution in [-0.4, -0.2) is 45.8 Å². The third-order valence-electron chi connectivity index (χ3n) is 5.81. The highest BCUT2D eigenvalue weighted by molar-refractivity contribution is 8.93. The summed E-state index contributed by atoms with van der Waals surface area (Å²) in [5.41, 5.74) is 3.15. The number of hydrogen-bond donors (Lipinski definition) is 1. The lowest BCUT2D eigenvalue weighted by Crippen LogP contribution is -2.24. The molecule has 0 atom stereocenters. The van der Waals surface area contributed by atoms with Crippen molar-refractivity contribution in [3.05, 3.63) is 30.3 Å². The molecule has 2 fully saturated rings. The zero-order valence-electron chi connectivity index (χ0n) is 16.1. The Morgan fingerprint density at radius 1 is 0.857 bits per heavy atom. The maximum atomic E-state index is 9.62. The fraction of sp³-hybridized carbons (Fsp3) is 0.429. The van der Waals surface area contributed by atoms with Crippen LogP contribution in [0.15, 0.2) is 30.3 Å². The number of hydrogen-bond acceptors (Lipinski definition) is 5. The number of aromatic nitrogens is 3. The lowest BCUT2D eigenvalue weighted by molar-refractivity contribution is 0.475. The minimum atomic E-state index is 0. The molecule has 1 N–H and O–H groups in total. The van der Waals surface area contributed by atoms with Gasteiger partial charge in [-0.2, -0.15) is 9.97 Å². The van der Waals surface area contributed by atoms with Crippen LogP contribution in [-0.2, 0) is 7.05 Å². The van der Waals surface area contributed by atoms with Crippen molar-refractivity contribution >= 4 is 39.8 Å². The molecule has 1 aromatic carbocycles. The summed E-state index contributed by atoms with van der Waals surface area (Å²) in [6, 6.07) is 9.57. The molecular weight excluding hydrogens is 418 g/mol. The molecule has 0 bridgehead atoms. The van der Waals surface area contributed by atoms with Crippen LogP contribution in [0.5, 0.6) is 5.75 Å². The van der Waals surface area contributed by atoms with E-state index in [0.717, 1.165) is 60.2 Å². The number of halogens is 1. The Labute approximate surface area is 175 Å². The first-order chi connectivity index (χ1) is 13.2. The fourth-order valence-corrected chi connectivity index (χ4v) is 4.31. The van der Waals surface area contributed by atoms with Crippen LogP contribution in [0.4, 0.5) is 11.8 Å². The van der Waals surface area contributed by atoms with Crippen molar-refractivity contribution in [1.82, 2.24) is 14.5 Å². The predicted molar refractivity (Wildman–Crippen MR) is 119 cm³/mol. The normalized spacial score (nSPS) is 16.8. The smallest absolute Gasteiger partial charge is 0.229 e. The highest BCUT2D eigenvalue weighted by Crippen LogP contribution is 2.35. The summed E-state index contributed by atoms with van der Waals surface area (Å²) < 4.78 is 2.16. The van der Waals surface area contributed by atoms with Gasteiger partial charge in [0.25, 0.3) is 0 Å². The molecular formula is C21H26BrN5O. The first-order valence-corrected chi connectivity index (χ1v) is 9.87. The average Bonchev–Trinajstić information content (AvgIpc) is 3.44. The minimum Gasteiger partial charge on any atom is -0.508 e. The van der Waals surface area contributed by atoms with Gasteiger partial charge in [0.05, 0.1) is 11.1 Å². The van der Waals surface area contributed by atoms with E-state index in [1.807, 2.05) is 12.1 Å². The topological polar surface area (TPSA) is 57.4 Å².